The highest BCUT2D eigenvalue weighted by Gasteiger charge is 2.35. The second-order valence-corrected chi connectivity index (χ2v) is 8.61. The van der Waals surface area contributed by atoms with E-state index in [2.05, 4.69) is 22.0 Å². The number of rotatable bonds is 7. The molecule has 0 unspecified atom stereocenters. The van der Waals surface area contributed by atoms with Crippen LogP contribution >= 0.6 is 0 Å². The van der Waals surface area contributed by atoms with Crippen molar-refractivity contribution in [3.8, 4) is 0 Å². The van der Waals surface area contributed by atoms with Gasteiger partial charge in [-0.3, -0.25) is 4.90 Å². The summed E-state index contributed by atoms with van der Waals surface area (Å²) in [6, 6.07) is 0.0429. The van der Waals surface area contributed by atoms with E-state index in [1.807, 2.05) is 7.05 Å². The number of sulfone groups is 1. The summed E-state index contributed by atoms with van der Waals surface area (Å²) in [5.74, 6) is 1.32. The Bertz CT molecular complexity index is 570. The third-order valence-electron chi connectivity index (χ3n) is 4.43. The van der Waals surface area contributed by atoms with E-state index in [0.717, 1.165) is 44.9 Å². The zero-order chi connectivity index (χ0) is 16.2. The Balaban J connectivity index is 2.00. The normalized spacial score (nSPS) is 23.1. The maximum Gasteiger partial charge on any atom is 0.226 e. The Labute approximate surface area is 133 Å². The highest BCUT2D eigenvalue weighted by atomic mass is 32.2. The Morgan fingerprint density at radius 2 is 2.05 bits per heavy atom. The zero-order valence-electron chi connectivity index (χ0n) is 13.8. The molecule has 0 radical (unpaired) electrons. The summed E-state index contributed by atoms with van der Waals surface area (Å²) >= 11 is 0. The first kappa shape index (κ1) is 17.4. The molecular formula is C15H27N3O3S. The molecule has 0 aromatic carbocycles. The molecule has 0 aliphatic heterocycles. The van der Waals surface area contributed by atoms with Crippen LogP contribution in [-0.4, -0.2) is 48.1 Å². The SMILES string of the molecule is CCCCc1nc(CN(C)[C@@H]2CCCC[C@@H]2S(C)(=O)=O)no1. The summed E-state index contributed by atoms with van der Waals surface area (Å²) in [7, 11) is -1.07. The Morgan fingerprint density at radius 3 is 2.73 bits per heavy atom. The summed E-state index contributed by atoms with van der Waals surface area (Å²) in [6.07, 6.45) is 8.02. The lowest BCUT2D eigenvalue weighted by molar-refractivity contribution is 0.181. The van der Waals surface area contributed by atoms with Crippen molar-refractivity contribution >= 4 is 9.84 Å². The Morgan fingerprint density at radius 1 is 1.32 bits per heavy atom. The van der Waals surface area contributed by atoms with Gasteiger partial charge in [0, 0.05) is 18.7 Å². The maximum absolute atomic E-state index is 12.0. The van der Waals surface area contributed by atoms with Crippen molar-refractivity contribution in [1.82, 2.24) is 15.0 Å². The lowest BCUT2D eigenvalue weighted by Crippen LogP contribution is -2.46. The van der Waals surface area contributed by atoms with Crippen molar-refractivity contribution in [1.29, 1.82) is 0 Å². The third-order valence-corrected chi connectivity index (χ3v) is 6.08. The van der Waals surface area contributed by atoms with Crippen LogP contribution in [0.3, 0.4) is 0 Å². The zero-order valence-corrected chi connectivity index (χ0v) is 14.6. The predicted molar refractivity (Wildman–Crippen MR) is 85.3 cm³/mol. The van der Waals surface area contributed by atoms with Gasteiger partial charge in [0.25, 0.3) is 0 Å². The van der Waals surface area contributed by atoms with Crippen molar-refractivity contribution < 1.29 is 12.9 Å². The van der Waals surface area contributed by atoms with E-state index in [4.69, 9.17) is 4.52 Å². The molecule has 126 valence electrons. The number of aromatic nitrogens is 2. The highest BCUT2D eigenvalue weighted by Crippen LogP contribution is 2.28. The van der Waals surface area contributed by atoms with E-state index in [1.165, 1.54) is 6.26 Å². The van der Waals surface area contributed by atoms with Crippen molar-refractivity contribution in [3.05, 3.63) is 11.7 Å². The molecule has 1 aromatic heterocycles. The highest BCUT2D eigenvalue weighted by molar-refractivity contribution is 7.91. The molecule has 1 fully saturated rings. The minimum Gasteiger partial charge on any atom is -0.339 e. The fraction of sp³-hybridized carbons (Fsp3) is 0.867. The van der Waals surface area contributed by atoms with Gasteiger partial charge in [0.05, 0.1) is 11.8 Å². The number of nitrogens with zero attached hydrogens (tertiary/aromatic N) is 3. The first-order chi connectivity index (χ1) is 10.4. The van der Waals surface area contributed by atoms with Gasteiger partial charge >= 0.3 is 0 Å². The number of aryl methyl sites for hydroxylation is 1. The van der Waals surface area contributed by atoms with Crippen LogP contribution in [0.4, 0.5) is 0 Å². The van der Waals surface area contributed by atoms with Gasteiger partial charge in [0.2, 0.25) is 5.89 Å². The number of hydrogen-bond acceptors (Lipinski definition) is 6. The molecule has 2 atom stereocenters. The predicted octanol–water partition coefficient (Wildman–Crippen LogP) is 2.20. The molecule has 6 nitrogen and oxygen atoms in total. The van der Waals surface area contributed by atoms with Crippen LogP contribution in [0.2, 0.25) is 0 Å². The van der Waals surface area contributed by atoms with E-state index in [-0.39, 0.29) is 11.3 Å². The molecule has 1 aliphatic rings. The van der Waals surface area contributed by atoms with Crippen molar-refractivity contribution in [2.24, 2.45) is 0 Å². The maximum atomic E-state index is 12.0. The van der Waals surface area contributed by atoms with Gasteiger partial charge < -0.3 is 4.52 Å². The number of unbranched alkanes of at least 4 members (excludes halogenated alkanes) is 1. The van der Waals surface area contributed by atoms with Gasteiger partial charge in [0.1, 0.15) is 0 Å². The molecule has 22 heavy (non-hydrogen) atoms. The lowest BCUT2D eigenvalue weighted by Gasteiger charge is -2.36. The standard InChI is InChI=1S/C15H27N3O3S/c1-4-5-10-15-16-14(17-21-15)11-18(2)12-8-6-7-9-13(12)22(3,19)20/h12-13H,4-11H2,1-3H3/t12-,13+/m1/s1. The average molecular weight is 329 g/mol. The fourth-order valence-corrected chi connectivity index (χ4v) is 4.71. The van der Waals surface area contributed by atoms with Crippen LogP contribution in [0.1, 0.15) is 57.2 Å². The fourth-order valence-electron chi connectivity index (χ4n) is 3.21. The van der Waals surface area contributed by atoms with Crippen molar-refractivity contribution in [2.45, 2.75) is 69.7 Å². The van der Waals surface area contributed by atoms with Crippen molar-refractivity contribution in [2.75, 3.05) is 13.3 Å². The quantitative estimate of drug-likeness (QED) is 0.763. The van der Waals surface area contributed by atoms with E-state index >= 15 is 0 Å². The molecule has 7 heteroatoms. The minimum atomic E-state index is -3.03. The second-order valence-electron chi connectivity index (χ2n) is 6.34. The smallest absolute Gasteiger partial charge is 0.226 e. The van der Waals surface area contributed by atoms with E-state index in [9.17, 15) is 8.42 Å². The third kappa shape index (κ3) is 4.52. The first-order valence-corrected chi connectivity index (χ1v) is 10.1. The van der Waals surface area contributed by atoms with Gasteiger partial charge in [-0.05, 0) is 26.3 Å². The van der Waals surface area contributed by atoms with Crippen LogP contribution in [-0.2, 0) is 22.8 Å². The summed E-state index contributed by atoms with van der Waals surface area (Å²) in [5.41, 5.74) is 0. The Kier molecular flexibility index (Phi) is 5.97. The first-order valence-electron chi connectivity index (χ1n) is 8.12. The summed E-state index contributed by atoms with van der Waals surface area (Å²) in [4.78, 5) is 6.47. The van der Waals surface area contributed by atoms with Crippen LogP contribution in [0.25, 0.3) is 0 Å². The van der Waals surface area contributed by atoms with Gasteiger partial charge in [-0.2, -0.15) is 4.98 Å². The van der Waals surface area contributed by atoms with Gasteiger partial charge in [-0.1, -0.05) is 31.3 Å². The lowest BCUT2D eigenvalue weighted by atomic mass is 9.94. The second kappa shape index (κ2) is 7.55. The molecule has 0 saturated heterocycles. The van der Waals surface area contributed by atoms with E-state index in [0.29, 0.717) is 18.3 Å². The Hall–Kier alpha value is -0.950. The summed E-state index contributed by atoms with van der Waals surface area (Å²) in [5, 5.41) is 3.73. The molecular weight excluding hydrogens is 302 g/mol. The molecule has 0 N–H and O–H groups in total. The molecule has 1 aromatic rings. The molecule has 0 amide bonds. The average Bonchev–Trinajstić information content (AvgIpc) is 2.91. The summed E-state index contributed by atoms with van der Waals surface area (Å²) in [6.45, 7) is 2.66. The summed E-state index contributed by atoms with van der Waals surface area (Å²) < 4.78 is 29.2. The topological polar surface area (TPSA) is 76.3 Å². The molecule has 1 aliphatic carbocycles. The van der Waals surface area contributed by atoms with E-state index in [1.54, 1.807) is 0 Å². The molecule has 1 saturated carbocycles. The van der Waals surface area contributed by atoms with Crippen LogP contribution in [0.15, 0.2) is 4.52 Å². The van der Waals surface area contributed by atoms with Crippen LogP contribution in [0, 0.1) is 0 Å². The van der Waals surface area contributed by atoms with E-state index < -0.39 is 9.84 Å². The molecule has 2 rings (SSSR count). The molecule has 1 heterocycles. The molecule has 0 bridgehead atoms. The molecule has 0 spiro atoms. The minimum absolute atomic E-state index is 0.0429. The van der Waals surface area contributed by atoms with Gasteiger partial charge in [-0.15, -0.1) is 0 Å². The van der Waals surface area contributed by atoms with Gasteiger partial charge in [0.15, 0.2) is 15.7 Å². The van der Waals surface area contributed by atoms with Crippen LogP contribution < -0.4 is 0 Å². The monoisotopic (exact) mass is 329 g/mol. The van der Waals surface area contributed by atoms with Gasteiger partial charge in [-0.25, -0.2) is 8.42 Å². The number of hydrogen-bond donors (Lipinski definition) is 0. The van der Waals surface area contributed by atoms with Crippen LogP contribution in [0.5, 0.6) is 0 Å². The van der Waals surface area contributed by atoms with Crippen molar-refractivity contribution in [3.63, 3.8) is 0 Å². The largest absolute Gasteiger partial charge is 0.339 e.